The minimum Gasteiger partial charge on any atom is -0.261 e. The van der Waals surface area contributed by atoms with Crippen LogP contribution in [0.1, 0.15) is 0 Å². The predicted octanol–water partition coefficient (Wildman–Crippen LogP) is 0.619. The van der Waals surface area contributed by atoms with Crippen LogP contribution in [-0.4, -0.2) is 27.1 Å². The van der Waals surface area contributed by atoms with Crippen molar-refractivity contribution in [3.63, 3.8) is 0 Å². The summed E-state index contributed by atoms with van der Waals surface area (Å²) in [7, 11) is -5.57. The molecule has 0 N–H and O–H groups in total. The number of rotatable bonds is 4. The van der Waals surface area contributed by atoms with Crippen molar-refractivity contribution in [2.24, 2.45) is 5.18 Å². The first-order chi connectivity index (χ1) is 5.31. The molecule has 0 aromatic carbocycles. The summed E-state index contributed by atoms with van der Waals surface area (Å²) in [6, 6.07) is 0. The van der Waals surface area contributed by atoms with Gasteiger partial charge in [0.05, 0.1) is 6.61 Å². The molecule has 0 aliphatic heterocycles. The van der Waals surface area contributed by atoms with E-state index in [9.17, 15) is 26.5 Å². The molecule has 0 atom stereocenters. The van der Waals surface area contributed by atoms with Gasteiger partial charge in [0.1, 0.15) is 6.54 Å². The number of nitrogens with zero attached hydrogens (tertiary/aromatic N) is 1. The maximum atomic E-state index is 11.4. The Balaban J connectivity index is 4.16. The van der Waals surface area contributed by atoms with E-state index in [0.29, 0.717) is 0 Å². The molecule has 72 valence electrons. The Kier molecular flexibility index (Phi) is 3.58. The maximum Gasteiger partial charge on any atom is 0.523 e. The SMILES string of the molecule is O=NCCOS(=O)(=O)C(F)(F)F. The average molecular weight is 207 g/mol. The lowest BCUT2D eigenvalue weighted by Gasteiger charge is -2.05. The van der Waals surface area contributed by atoms with E-state index in [1.54, 1.807) is 0 Å². The van der Waals surface area contributed by atoms with Crippen LogP contribution in [-0.2, 0) is 14.3 Å². The second-order valence-electron chi connectivity index (χ2n) is 1.57. The molecule has 5 nitrogen and oxygen atoms in total. The van der Waals surface area contributed by atoms with E-state index in [2.05, 4.69) is 9.36 Å². The summed E-state index contributed by atoms with van der Waals surface area (Å²) in [5.74, 6) is 0. The molecule has 0 spiro atoms. The standard InChI is InChI=1S/C3H4F3NO4S/c4-3(5,6)12(9,10)11-2-1-7-8/h1-2H2. The van der Waals surface area contributed by atoms with E-state index in [1.807, 2.05) is 0 Å². The molecule has 0 unspecified atom stereocenters. The van der Waals surface area contributed by atoms with Crippen molar-refractivity contribution < 1.29 is 25.8 Å². The highest BCUT2D eigenvalue weighted by molar-refractivity contribution is 7.87. The molecule has 0 aliphatic carbocycles. The normalized spacial score (nSPS) is 12.9. The average Bonchev–Trinajstić information content (AvgIpc) is 1.85. The van der Waals surface area contributed by atoms with Gasteiger partial charge >= 0.3 is 15.6 Å². The number of nitroso groups, excluding NO2 is 1. The number of hydrogen-bond donors (Lipinski definition) is 0. The first-order valence-corrected chi connectivity index (χ1v) is 3.97. The van der Waals surface area contributed by atoms with E-state index in [4.69, 9.17) is 0 Å². The molecule has 0 aromatic heterocycles. The molecule has 0 rings (SSSR count). The first kappa shape index (κ1) is 11.3. The van der Waals surface area contributed by atoms with Crippen LogP contribution in [0.4, 0.5) is 13.2 Å². The van der Waals surface area contributed by atoms with Crippen LogP contribution in [0.5, 0.6) is 0 Å². The predicted molar refractivity (Wildman–Crippen MR) is 31.6 cm³/mol. The Morgan fingerprint density at radius 2 is 1.83 bits per heavy atom. The van der Waals surface area contributed by atoms with Crippen molar-refractivity contribution in [1.82, 2.24) is 0 Å². The van der Waals surface area contributed by atoms with Crippen LogP contribution in [0, 0.1) is 4.91 Å². The molecule has 12 heavy (non-hydrogen) atoms. The van der Waals surface area contributed by atoms with Crippen LogP contribution in [0.2, 0.25) is 0 Å². The molecule has 0 saturated carbocycles. The monoisotopic (exact) mass is 207 g/mol. The van der Waals surface area contributed by atoms with Crippen LogP contribution < -0.4 is 0 Å². The molecular weight excluding hydrogens is 203 g/mol. The molecule has 0 saturated heterocycles. The van der Waals surface area contributed by atoms with Crippen molar-refractivity contribution in [2.45, 2.75) is 5.51 Å². The van der Waals surface area contributed by atoms with Crippen molar-refractivity contribution in [2.75, 3.05) is 13.2 Å². The van der Waals surface area contributed by atoms with E-state index in [0.717, 1.165) is 0 Å². The molecular formula is C3H4F3NO4S. The Hall–Kier alpha value is -0.700. The molecule has 0 aromatic rings. The molecule has 0 bridgehead atoms. The lowest BCUT2D eigenvalue weighted by molar-refractivity contribution is -0.0540. The Morgan fingerprint density at radius 3 is 2.17 bits per heavy atom. The van der Waals surface area contributed by atoms with Gasteiger partial charge in [0, 0.05) is 0 Å². The van der Waals surface area contributed by atoms with Gasteiger partial charge in [-0.15, -0.1) is 0 Å². The number of alkyl halides is 3. The summed E-state index contributed by atoms with van der Waals surface area (Å²) in [6.45, 7) is -1.54. The van der Waals surface area contributed by atoms with Gasteiger partial charge in [0.25, 0.3) is 0 Å². The quantitative estimate of drug-likeness (QED) is 0.293. The van der Waals surface area contributed by atoms with Gasteiger partial charge in [-0.25, -0.2) is 0 Å². The number of halogens is 3. The smallest absolute Gasteiger partial charge is 0.261 e. The summed E-state index contributed by atoms with van der Waals surface area (Å²) in [5.41, 5.74) is -5.45. The van der Waals surface area contributed by atoms with Gasteiger partial charge in [-0.3, -0.25) is 4.18 Å². The van der Waals surface area contributed by atoms with E-state index in [-0.39, 0.29) is 0 Å². The highest BCUT2D eigenvalue weighted by Gasteiger charge is 2.47. The summed E-state index contributed by atoms with van der Waals surface area (Å²) >= 11 is 0. The van der Waals surface area contributed by atoms with Crippen molar-refractivity contribution in [3.05, 3.63) is 4.91 Å². The topological polar surface area (TPSA) is 72.8 Å². The van der Waals surface area contributed by atoms with Crippen LogP contribution in [0.3, 0.4) is 0 Å². The first-order valence-electron chi connectivity index (χ1n) is 2.56. The Labute approximate surface area is 65.6 Å². The minimum absolute atomic E-state index is 0.644. The third-order valence-electron chi connectivity index (χ3n) is 0.705. The molecule has 0 radical (unpaired) electrons. The van der Waals surface area contributed by atoms with Gasteiger partial charge in [0.2, 0.25) is 0 Å². The Morgan fingerprint density at radius 1 is 1.33 bits per heavy atom. The summed E-state index contributed by atoms with van der Waals surface area (Å²) < 4.78 is 57.8. The fourth-order valence-electron chi connectivity index (χ4n) is 0.251. The minimum atomic E-state index is -5.57. The van der Waals surface area contributed by atoms with Gasteiger partial charge in [-0.1, -0.05) is 5.18 Å². The zero-order valence-electron chi connectivity index (χ0n) is 5.54. The van der Waals surface area contributed by atoms with E-state index < -0.39 is 28.8 Å². The van der Waals surface area contributed by atoms with Crippen LogP contribution in [0.15, 0.2) is 5.18 Å². The van der Waals surface area contributed by atoms with Crippen LogP contribution in [0.25, 0.3) is 0 Å². The molecule has 9 heteroatoms. The highest BCUT2D eigenvalue weighted by atomic mass is 32.2. The van der Waals surface area contributed by atoms with E-state index in [1.165, 1.54) is 0 Å². The van der Waals surface area contributed by atoms with Crippen molar-refractivity contribution in [1.29, 1.82) is 0 Å². The van der Waals surface area contributed by atoms with Crippen LogP contribution >= 0.6 is 0 Å². The lowest BCUT2D eigenvalue weighted by atomic mass is 10.8. The fraction of sp³-hybridized carbons (Fsp3) is 1.00. The summed E-state index contributed by atoms with van der Waals surface area (Å²) in [5, 5.41) is 2.11. The summed E-state index contributed by atoms with van der Waals surface area (Å²) in [4.78, 5) is 9.33. The molecule has 0 fully saturated rings. The zero-order valence-corrected chi connectivity index (χ0v) is 6.35. The van der Waals surface area contributed by atoms with Crippen molar-refractivity contribution >= 4 is 10.1 Å². The second kappa shape index (κ2) is 3.81. The van der Waals surface area contributed by atoms with Gasteiger partial charge in [-0.05, 0) is 0 Å². The maximum absolute atomic E-state index is 11.4. The lowest BCUT2D eigenvalue weighted by Crippen LogP contribution is -2.26. The second-order valence-corrected chi connectivity index (χ2v) is 3.18. The van der Waals surface area contributed by atoms with Crippen molar-refractivity contribution in [3.8, 4) is 0 Å². The van der Waals surface area contributed by atoms with Gasteiger partial charge in [-0.2, -0.15) is 26.5 Å². The third kappa shape index (κ3) is 3.13. The molecule has 0 heterocycles. The largest absolute Gasteiger partial charge is 0.523 e. The number of hydrogen-bond acceptors (Lipinski definition) is 5. The molecule has 0 aliphatic rings. The Bertz CT molecular complexity index is 245. The fourth-order valence-corrected chi connectivity index (χ4v) is 0.679. The highest BCUT2D eigenvalue weighted by Crippen LogP contribution is 2.24. The van der Waals surface area contributed by atoms with E-state index >= 15 is 0 Å². The van der Waals surface area contributed by atoms with Gasteiger partial charge < -0.3 is 0 Å². The van der Waals surface area contributed by atoms with Gasteiger partial charge in [0.15, 0.2) is 0 Å². The third-order valence-corrected chi connectivity index (χ3v) is 1.75. The molecule has 0 amide bonds. The summed E-state index contributed by atoms with van der Waals surface area (Å²) in [6.07, 6.45) is 0. The zero-order chi connectivity index (χ0) is 9.83.